The Morgan fingerprint density at radius 3 is 2.83 bits per heavy atom. The molecule has 2 amide bonds. The van der Waals surface area contributed by atoms with Gasteiger partial charge in [0.05, 0.1) is 23.1 Å². The zero-order valence-electron chi connectivity index (χ0n) is 16.0. The number of nitrogens with zero attached hydrogens (tertiary/aromatic N) is 3. The molecule has 0 spiro atoms. The third-order valence-electron chi connectivity index (χ3n) is 5.61. The molecule has 1 aromatic carbocycles. The van der Waals surface area contributed by atoms with Crippen LogP contribution in [0.1, 0.15) is 23.0 Å². The summed E-state index contributed by atoms with van der Waals surface area (Å²) >= 11 is 0. The summed E-state index contributed by atoms with van der Waals surface area (Å²) in [5.41, 5.74) is 1.70. The highest BCUT2D eigenvalue weighted by Gasteiger charge is 2.43. The van der Waals surface area contributed by atoms with Crippen LogP contribution < -0.4 is 10.2 Å². The Bertz CT molecular complexity index is 942. The molecule has 2 aromatic rings. The number of hydrogen-bond acceptors (Lipinski definition) is 6. The molecule has 2 aliphatic heterocycles. The van der Waals surface area contributed by atoms with Crippen molar-refractivity contribution in [2.24, 2.45) is 5.92 Å². The maximum absolute atomic E-state index is 12.8. The molecular weight excluding hydrogens is 376 g/mol. The molecule has 1 fully saturated rings. The number of carbonyl (C=O) groups is 2. The second kappa shape index (κ2) is 7.57. The fourth-order valence-corrected chi connectivity index (χ4v) is 4.27. The third kappa shape index (κ3) is 3.43. The Hall–Kier alpha value is -3.36. The van der Waals surface area contributed by atoms with Crippen LogP contribution >= 0.6 is 0 Å². The van der Waals surface area contributed by atoms with Gasteiger partial charge in [-0.15, -0.1) is 0 Å². The third-order valence-corrected chi connectivity index (χ3v) is 5.61. The first kappa shape index (κ1) is 19.0. The summed E-state index contributed by atoms with van der Waals surface area (Å²) < 4.78 is 5.24. The molecule has 2 atom stereocenters. The van der Waals surface area contributed by atoms with Crippen LogP contribution in [-0.2, 0) is 11.2 Å². The van der Waals surface area contributed by atoms with E-state index in [0.717, 1.165) is 11.3 Å². The zero-order chi connectivity index (χ0) is 20.5. The van der Waals surface area contributed by atoms with Gasteiger partial charge in [0.1, 0.15) is 0 Å². The van der Waals surface area contributed by atoms with Gasteiger partial charge in [-0.2, -0.15) is 0 Å². The zero-order valence-corrected chi connectivity index (χ0v) is 16.0. The highest BCUT2D eigenvalue weighted by Crippen LogP contribution is 2.38. The average molecular weight is 398 g/mol. The van der Waals surface area contributed by atoms with E-state index in [1.54, 1.807) is 29.2 Å². The predicted octanol–water partition coefficient (Wildman–Crippen LogP) is 1.83. The fourth-order valence-electron chi connectivity index (χ4n) is 4.27. The Morgan fingerprint density at radius 2 is 2.14 bits per heavy atom. The monoisotopic (exact) mass is 398 g/mol. The molecule has 1 N–H and O–H groups in total. The summed E-state index contributed by atoms with van der Waals surface area (Å²) in [5, 5.41) is 14.0. The van der Waals surface area contributed by atoms with Crippen LogP contribution in [0.2, 0.25) is 0 Å². The maximum atomic E-state index is 12.8. The van der Waals surface area contributed by atoms with Crippen molar-refractivity contribution in [2.75, 3.05) is 31.1 Å². The highest BCUT2D eigenvalue weighted by atomic mass is 16.6. The van der Waals surface area contributed by atoms with Gasteiger partial charge in [-0.1, -0.05) is 0 Å². The van der Waals surface area contributed by atoms with Crippen molar-refractivity contribution in [1.82, 2.24) is 10.2 Å². The summed E-state index contributed by atoms with van der Waals surface area (Å²) in [5.74, 6) is -0.428. The van der Waals surface area contributed by atoms with E-state index in [-0.39, 0.29) is 29.3 Å². The first-order valence-corrected chi connectivity index (χ1v) is 9.64. The number of hydrogen-bond donors (Lipinski definition) is 1. The van der Waals surface area contributed by atoms with Gasteiger partial charge < -0.3 is 19.5 Å². The first-order valence-electron chi connectivity index (χ1n) is 9.64. The second-order valence-electron chi connectivity index (χ2n) is 7.26. The molecule has 2 aliphatic rings. The van der Waals surface area contributed by atoms with Crippen LogP contribution in [0.5, 0.6) is 0 Å². The number of amides is 2. The Labute approximate surface area is 167 Å². The average Bonchev–Trinajstić information content (AvgIpc) is 3.26. The topological polar surface area (TPSA) is 109 Å². The molecule has 0 radical (unpaired) electrons. The lowest BCUT2D eigenvalue weighted by atomic mass is 9.83. The number of nitro groups is 1. The van der Waals surface area contributed by atoms with Gasteiger partial charge >= 0.3 is 0 Å². The van der Waals surface area contributed by atoms with E-state index in [0.29, 0.717) is 32.6 Å². The number of anilines is 1. The van der Waals surface area contributed by atoms with E-state index in [1.165, 1.54) is 12.3 Å². The van der Waals surface area contributed by atoms with Gasteiger partial charge in [0, 0.05) is 44.0 Å². The first-order chi connectivity index (χ1) is 14.0. The van der Waals surface area contributed by atoms with Crippen molar-refractivity contribution in [3.8, 4) is 0 Å². The number of fused-ring (bicyclic) bond motifs is 3. The Kier molecular flexibility index (Phi) is 4.96. The van der Waals surface area contributed by atoms with Crippen molar-refractivity contribution in [3.05, 3.63) is 58.0 Å². The van der Waals surface area contributed by atoms with Gasteiger partial charge in [0.2, 0.25) is 5.91 Å². The van der Waals surface area contributed by atoms with Crippen molar-refractivity contribution in [2.45, 2.75) is 19.4 Å². The van der Waals surface area contributed by atoms with Crippen LogP contribution in [0.4, 0.5) is 11.4 Å². The van der Waals surface area contributed by atoms with Gasteiger partial charge in [-0.25, -0.2) is 0 Å². The lowest BCUT2D eigenvalue weighted by molar-refractivity contribution is -0.384. The fraction of sp³-hybridized carbons (Fsp3) is 0.400. The smallest absolute Gasteiger partial charge is 0.289 e. The van der Waals surface area contributed by atoms with Crippen LogP contribution in [0.3, 0.4) is 0 Å². The van der Waals surface area contributed by atoms with Crippen LogP contribution in [0.25, 0.3) is 0 Å². The summed E-state index contributed by atoms with van der Waals surface area (Å²) in [4.78, 5) is 40.1. The van der Waals surface area contributed by atoms with E-state index in [9.17, 15) is 19.7 Å². The lowest BCUT2D eigenvalue weighted by Gasteiger charge is -2.48. The molecule has 9 nitrogen and oxygen atoms in total. The SMILES string of the molecule is CCNC(=O)[C@@H]1Cc2cc([N+](=O)[O-])ccc2N2CCN(C(=O)c3ccco3)C[C@@H]12. The lowest BCUT2D eigenvalue weighted by Crippen LogP contribution is -2.62. The molecule has 29 heavy (non-hydrogen) atoms. The minimum Gasteiger partial charge on any atom is -0.459 e. The van der Waals surface area contributed by atoms with Gasteiger partial charge in [0.15, 0.2) is 5.76 Å². The molecule has 3 heterocycles. The number of rotatable bonds is 4. The number of carbonyl (C=O) groups excluding carboxylic acids is 2. The van der Waals surface area contributed by atoms with Crippen LogP contribution in [0, 0.1) is 16.0 Å². The van der Waals surface area contributed by atoms with Crippen molar-refractivity contribution in [3.63, 3.8) is 0 Å². The van der Waals surface area contributed by atoms with E-state index in [1.807, 2.05) is 6.92 Å². The molecule has 152 valence electrons. The number of furan rings is 1. The van der Waals surface area contributed by atoms with Gasteiger partial charge in [-0.3, -0.25) is 19.7 Å². The predicted molar refractivity (Wildman–Crippen MR) is 105 cm³/mol. The van der Waals surface area contributed by atoms with Gasteiger partial charge in [-0.05, 0) is 37.1 Å². The Morgan fingerprint density at radius 1 is 1.31 bits per heavy atom. The summed E-state index contributed by atoms with van der Waals surface area (Å²) in [7, 11) is 0. The van der Waals surface area contributed by atoms with Crippen LogP contribution in [-0.4, -0.2) is 53.9 Å². The standard InChI is InChI=1S/C20H22N4O5/c1-2-21-19(25)15-11-13-10-14(24(27)28)5-6-16(13)23-8-7-22(12-17(15)23)20(26)18-4-3-9-29-18/h3-6,9-10,15,17H,2,7-8,11-12H2,1H3,(H,21,25)/t15-,17+/m1/s1. The molecule has 1 saturated heterocycles. The van der Waals surface area contributed by atoms with E-state index >= 15 is 0 Å². The minimum atomic E-state index is -0.423. The summed E-state index contributed by atoms with van der Waals surface area (Å²) in [6.45, 7) is 3.76. The molecule has 0 aliphatic carbocycles. The number of nitrogens with one attached hydrogen (secondary N) is 1. The van der Waals surface area contributed by atoms with E-state index in [4.69, 9.17) is 4.42 Å². The number of nitro benzene ring substituents is 1. The van der Waals surface area contributed by atoms with Crippen molar-refractivity contribution in [1.29, 1.82) is 0 Å². The minimum absolute atomic E-state index is 0.0171. The molecule has 0 unspecified atom stereocenters. The van der Waals surface area contributed by atoms with Crippen molar-refractivity contribution < 1.29 is 18.9 Å². The Balaban J connectivity index is 1.66. The van der Waals surface area contributed by atoms with E-state index < -0.39 is 10.8 Å². The molecular formula is C20H22N4O5. The number of benzene rings is 1. The normalized spacial score (nSPS) is 20.6. The number of non-ortho nitro benzene ring substituents is 1. The quantitative estimate of drug-likeness (QED) is 0.622. The molecule has 4 rings (SSSR count). The molecule has 1 aromatic heterocycles. The van der Waals surface area contributed by atoms with Gasteiger partial charge in [0.25, 0.3) is 11.6 Å². The maximum Gasteiger partial charge on any atom is 0.289 e. The van der Waals surface area contributed by atoms with E-state index in [2.05, 4.69) is 10.2 Å². The van der Waals surface area contributed by atoms with Crippen LogP contribution in [0.15, 0.2) is 41.0 Å². The summed E-state index contributed by atoms with van der Waals surface area (Å²) in [6, 6.07) is 7.89. The largest absolute Gasteiger partial charge is 0.459 e. The summed E-state index contributed by atoms with van der Waals surface area (Å²) in [6.07, 6.45) is 1.86. The molecule has 0 bridgehead atoms. The molecule has 0 saturated carbocycles. The number of piperazine rings is 1. The second-order valence-corrected chi connectivity index (χ2v) is 7.26. The molecule has 9 heteroatoms. The van der Waals surface area contributed by atoms with Crippen molar-refractivity contribution >= 4 is 23.2 Å². The highest BCUT2D eigenvalue weighted by molar-refractivity contribution is 5.92.